The van der Waals surface area contributed by atoms with Crippen LogP contribution in [0.5, 0.6) is 0 Å². The van der Waals surface area contributed by atoms with Gasteiger partial charge in [0.05, 0.1) is 16.8 Å². The zero-order valence-electron chi connectivity index (χ0n) is 15.5. The summed E-state index contributed by atoms with van der Waals surface area (Å²) < 4.78 is 0. The zero-order valence-corrected chi connectivity index (χ0v) is 15.5. The van der Waals surface area contributed by atoms with E-state index in [-0.39, 0.29) is 5.91 Å². The van der Waals surface area contributed by atoms with Crippen molar-refractivity contribution < 1.29 is 4.79 Å². The third-order valence-corrected chi connectivity index (χ3v) is 6.32. The van der Waals surface area contributed by atoms with Crippen molar-refractivity contribution in [2.24, 2.45) is 5.84 Å². The highest BCUT2D eigenvalue weighted by Crippen LogP contribution is 2.42. The van der Waals surface area contributed by atoms with Crippen molar-refractivity contribution in [3.63, 3.8) is 0 Å². The average molecular weight is 351 g/mol. The van der Waals surface area contributed by atoms with Crippen molar-refractivity contribution >= 4 is 16.8 Å². The molecule has 0 bridgehead atoms. The minimum absolute atomic E-state index is 0.163. The number of fused-ring (bicyclic) bond motifs is 1. The van der Waals surface area contributed by atoms with E-state index in [4.69, 9.17) is 10.8 Å². The number of nitrogens with two attached hydrogens (primary N) is 1. The number of carbonyl (C=O) groups is 1. The van der Waals surface area contributed by atoms with Crippen molar-refractivity contribution in [3.05, 3.63) is 41.1 Å². The van der Waals surface area contributed by atoms with Crippen molar-refractivity contribution in [3.8, 4) is 0 Å². The first kappa shape index (κ1) is 17.5. The van der Waals surface area contributed by atoms with Crippen LogP contribution in [0.4, 0.5) is 0 Å². The Morgan fingerprint density at radius 3 is 2.19 bits per heavy atom. The van der Waals surface area contributed by atoms with Gasteiger partial charge in [-0.25, -0.2) is 5.84 Å². The monoisotopic (exact) mass is 351 g/mol. The lowest BCUT2D eigenvalue weighted by Gasteiger charge is -2.29. The molecule has 1 aromatic carbocycles. The number of aromatic nitrogens is 1. The summed E-state index contributed by atoms with van der Waals surface area (Å²) >= 11 is 0. The van der Waals surface area contributed by atoms with E-state index in [0.717, 1.165) is 47.8 Å². The number of nitrogen functional groups attached to an aromatic ring is 1. The average Bonchev–Trinajstić information content (AvgIpc) is 2.73. The van der Waals surface area contributed by atoms with Crippen molar-refractivity contribution in [2.45, 2.75) is 76.0 Å². The third-order valence-electron chi connectivity index (χ3n) is 6.32. The molecular formula is C22H29N3O. The smallest absolute Gasteiger partial charge is 0.267 e. The Labute approximate surface area is 155 Å². The van der Waals surface area contributed by atoms with Crippen LogP contribution in [0.1, 0.15) is 97.7 Å². The van der Waals surface area contributed by atoms with Crippen LogP contribution < -0.4 is 11.3 Å². The predicted octanol–water partition coefficient (Wildman–Crippen LogP) is 4.93. The molecule has 4 nitrogen and oxygen atoms in total. The fourth-order valence-electron chi connectivity index (χ4n) is 5.05. The summed E-state index contributed by atoms with van der Waals surface area (Å²) in [6, 6.07) is 8.33. The fraction of sp³-hybridized carbons (Fsp3) is 0.545. The van der Waals surface area contributed by atoms with Gasteiger partial charge in [-0.15, -0.1) is 0 Å². The van der Waals surface area contributed by atoms with Gasteiger partial charge in [0.25, 0.3) is 5.91 Å². The summed E-state index contributed by atoms with van der Waals surface area (Å²) in [5, 5.41) is 1.14. The molecule has 4 rings (SSSR count). The number of nitrogens with one attached hydrogen (secondary N) is 1. The highest BCUT2D eigenvalue weighted by molar-refractivity contribution is 6.01. The first-order valence-corrected chi connectivity index (χ1v) is 10.2. The molecule has 0 radical (unpaired) electrons. The number of para-hydroxylation sites is 1. The Bertz CT molecular complexity index is 789. The normalized spacial score (nSPS) is 19.6. The maximum Gasteiger partial charge on any atom is 0.267 e. The Kier molecular flexibility index (Phi) is 5.21. The molecule has 2 aliphatic carbocycles. The van der Waals surface area contributed by atoms with Gasteiger partial charge in [0.2, 0.25) is 0 Å². The summed E-state index contributed by atoms with van der Waals surface area (Å²) in [7, 11) is 0. The molecule has 2 aliphatic rings. The molecule has 0 aliphatic heterocycles. The van der Waals surface area contributed by atoms with E-state index in [0.29, 0.717) is 11.8 Å². The second kappa shape index (κ2) is 7.75. The van der Waals surface area contributed by atoms with Crippen molar-refractivity contribution in [2.75, 3.05) is 0 Å². The maximum atomic E-state index is 12.9. The minimum Gasteiger partial charge on any atom is -0.290 e. The second-order valence-electron chi connectivity index (χ2n) is 7.95. The molecule has 0 unspecified atom stereocenters. The van der Waals surface area contributed by atoms with Crippen LogP contribution in [0, 0.1) is 0 Å². The first-order chi connectivity index (χ1) is 12.8. The van der Waals surface area contributed by atoms with Crippen LogP contribution in [-0.2, 0) is 0 Å². The van der Waals surface area contributed by atoms with E-state index in [1.807, 2.05) is 6.07 Å². The number of benzene rings is 1. The molecule has 138 valence electrons. The fourth-order valence-corrected chi connectivity index (χ4v) is 5.05. The molecule has 3 N–H and O–H groups in total. The van der Waals surface area contributed by atoms with E-state index in [9.17, 15) is 4.79 Å². The van der Waals surface area contributed by atoms with Crippen LogP contribution in [0.15, 0.2) is 24.3 Å². The summed E-state index contributed by atoms with van der Waals surface area (Å²) in [4.78, 5) is 17.9. The lowest BCUT2D eigenvalue weighted by Crippen LogP contribution is -2.33. The van der Waals surface area contributed by atoms with Gasteiger partial charge >= 0.3 is 0 Å². The third kappa shape index (κ3) is 3.23. The van der Waals surface area contributed by atoms with E-state index in [1.54, 1.807) is 0 Å². The number of rotatable bonds is 3. The lowest BCUT2D eigenvalue weighted by atomic mass is 9.77. The molecule has 1 heterocycles. The lowest BCUT2D eigenvalue weighted by molar-refractivity contribution is 0.0949. The van der Waals surface area contributed by atoms with E-state index in [2.05, 4.69) is 23.6 Å². The summed E-state index contributed by atoms with van der Waals surface area (Å²) in [6.45, 7) is 0. The molecule has 2 fully saturated rings. The van der Waals surface area contributed by atoms with Crippen LogP contribution in [0.2, 0.25) is 0 Å². The topological polar surface area (TPSA) is 68.0 Å². The summed E-state index contributed by atoms with van der Waals surface area (Å²) in [5.74, 6) is 6.27. The van der Waals surface area contributed by atoms with E-state index >= 15 is 0 Å². The molecule has 0 spiro atoms. The minimum atomic E-state index is -0.163. The molecule has 1 amide bonds. The standard InChI is InChI=1S/C22H29N3O/c23-25-22(26)20-19(15-9-3-1-4-10-15)17-13-7-8-14-18(17)24-21(20)16-11-5-2-6-12-16/h7-8,13-16H,1-6,9-12,23H2,(H,25,26). The summed E-state index contributed by atoms with van der Waals surface area (Å²) in [5.41, 5.74) is 6.44. The Morgan fingerprint density at radius 1 is 0.923 bits per heavy atom. The number of pyridine rings is 1. The number of amides is 1. The van der Waals surface area contributed by atoms with Crippen LogP contribution in [0.3, 0.4) is 0 Å². The first-order valence-electron chi connectivity index (χ1n) is 10.2. The highest BCUT2D eigenvalue weighted by Gasteiger charge is 2.30. The SMILES string of the molecule is NNC(=O)c1c(C2CCCCC2)nc2ccccc2c1C1CCCCC1. The Hall–Kier alpha value is -1.94. The highest BCUT2D eigenvalue weighted by atomic mass is 16.2. The quantitative estimate of drug-likeness (QED) is 0.468. The molecule has 0 atom stereocenters. The van der Waals surface area contributed by atoms with Crippen molar-refractivity contribution in [1.29, 1.82) is 0 Å². The molecule has 2 saturated carbocycles. The van der Waals surface area contributed by atoms with Crippen molar-refractivity contribution in [1.82, 2.24) is 10.4 Å². The molecule has 4 heteroatoms. The van der Waals surface area contributed by atoms with Gasteiger partial charge in [-0.1, -0.05) is 56.7 Å². The number of hydrogen-bond acceptors (Lipinski definition) is 3. The Morgan fingerprint density at radius 2 is 1.54 bits per heavy atom. The predicted molar refractivity (Wildman–Crippen MR) is 105 cm³/mol. The van der Waals surface area contributed by atoms with Gasteiger partial charge in [0.15, 0.2) is 0 Å². The van der Waals surface area contributed by atoms with Crippen LogP contribution in [0.25, 0.3) is 10.9 Å². The van der Waals surface area contributed by atoms with Gasteiger partial charge in [0.1, 0.15) is 0 Å². The molecule has 26 heavy (non-hydrogen) atoms. The molecule has 2 aromatic rings. The second-order valence-corrected chi connectivity index (χ2v) is 7.95. The molecule has 1 aromatic heterocycles. The number of carbonyl (C=O) groups excluding carboxylic acids is 1. The van der Waals surface area contributed by atoms with E-state index in [1.165, 1.54) is 44.1 Å². The molecule has 0 saturated heterocycles. The van der Waals surface area contributed by atoms with Crippen LogP contribution in [-0.4, -0.2) is 10.9 Å². The van der Waals surface area contributed by atoms with Gasteiger partial charge in [-0.05, 0) is 43.2 Å². The maximum absolute atomic E-state index is 12.9. The number of hydrazine groups is 1. The number of hydrogen-bond donors (Lipinski definition) is 2. The Balaban J connectivity index is 1.95. The van der Waals surface area contributed by atoms with Gasteiger partial charge < -0.3 is 0 Å². The zero-order chi connectivity index (χ0) is 17.9. The van der Waals surface area contributed by atoms with Gasteiger partial charge in [-0.2, -0.15) is 0 Å². The largest absolute Gasteiger partial charge is 0.290 e. The van der Waals surface area contributed by atoms with Gasteiger partial charge in [0, 0.05) is 11.3 Å². The summed E-state index contributed by atoms with van der Waals surface area (Å²) in [6.07, 6.45) is 12.1. The van der Waals surface area contributed by atoms with Crippen LogP contribution >= 0.6 is 0 Å². The van der Waals surface area contributed by atoms with Gasteiger partial charge in [-0.3, -0.25) is 15.2 Å². The number of nitrogens with zero attached hydrogens (tertiary/aromatic N) is 1. The molecular weight excluding hydrogens is 322 g/mol. The van der Waals surface area contributed by atoms with E-state index < -0.39 is 0 Å².